The van der Waals surface area contributed by atoms with Gasteiger partial charge in [-0.05, 0) is 25.7 Å². The summed E-state index contributed by atoms with van der Waals surface area (Å²) in [4.78, 5) is 0. The third-order valence-corrected chi connectivity index (χ3v) is 4.05. The van der Waals surface area contributed by atoms with Crippen LogP contribution in [0.25, 0.3) is 0 Å². The van der Waals surface area contributed by atoms with Crippen LogP contribution in [0.5, 0.6) is 0 Å². The number of nitrogens with zero attached hydrogens (tertiary/aromatic N) is 1. The van der Waals surface area contributed by atoms with Gasteiger partial charge in [-0.15, -0.1) is 0 Å². The lowest BCUT2D eigenvalue weighted by Gasteiger charge is -2.47. The van der Waals surface area contributed by atoms with Crippen molar-refractivity contribution >= 4 is 0 Å². The molecule has 0 saturated heterocycles. The van der Waals surface area contributed by atoms with Crippen molar-refractivity contribution in [1.82, 2.24) is 0 Å². The van der Waals surface area contributed by atoms with Gasteiger partial charge in [-0.2, -0.15) is 17.6 Å². The fraction of sp³-hybridized carbons (Fsp3) is 1.00. The van der Waals surface area contributed by atoms with Gasteiger partial charge in [0.15, 0.2) is 0 Å². The van der Waals surface area contributed by atoms with Gasteiger partial charge in [0.1, 0.15) is 0 Å². The van der Waals surface area contributed by atoms with Gasteiger partial charge in [0, 0.05) is 25.7 Å². The van der Waals surface area contributed by atoms with E-state index in [2.05, 4.69) is 0 Å². The largest absolute Gasteiger partial charge is 0.238 e. The molecule has 0 rings (SSSR count). The Kier molecular flexibility index (Phi) is 10.3. The minimum atomic E-state index is -1.83. The molecule has 1 nitrogen and oxygen atoms in total. The van der Waals surface area contributed by atoms with Crippen molar-refractivity contribution in [3.8, 4) is 0 Å². The van der Waals surface area contributed by atoms with E-state index in [1.165, 1.54) is 0 Å². The van der Waals surface area contributed by atoms with E-state index in [4.69, 9.17) is 0 Å². The van der Waals surface area contributed by atoms with Crippen molar-refractivity contribution in [2.24, 2.45) is 0 Å². The zero-order valence-electron chi connectivity index (χ0n) is 13.9. The quantitative estimate of drug-likeness (QED) is 0.229. The molecule has 0 aromatic heterocycles. The number of quaternary nitrogens is 1. The normalized spacial score (nSPS) is 20.6. The van der Waals surface area contributed by atoms with Gasteiger partial charge >= 0.3 is 0 Å². The number of hydrogen-bond donors (Lipinski definition) is 0. The van der Waals surface area contributed by atoms with Crippen LogP contribution in [0.4, 0.5) is 17.6 Å². The minimum absolute atomic E-state index is 0.0155. The van der Waals surface area contributed by atoms with Crippen LogP contribution in [-0.4, -0.2) is 29.7 Å². The first-order valence-corrected chi connectivity index (χ1v) is 8.37. The summed E-state index contributed by atoms with van der Waals surface area (Å²) in [5.74, 6) is 0. The van der Waals surface area contributed by atoms with E-state index in [-0.39, 0.29) is 25.7 Å². The lowest BCUT2D eigenvalue weighted by atomic mass is 10.1. The lowest BCUT2D eigenvalue weighted by Crippen LogP contribution is -2.66. The first-order valence-electron chi connectivity index (χ1n) is 8.37. The fourth-order valence-electron chi connectivity index (χ4n) is 2.90. The molecule has 4 unspecified atom stereocenters. The average molecular weight is 314 g/mol. The predicted octanol–water partition coefficient (Wildman–Crippen LogP) is 6.19. The molecule has 0 fully saturated rings. The molecule has 0 aliphatic rings. The summed E-state index contributed by atoms with van der Waals surface area (Å²) >= 11 is 0. The summed E-state index contributed by atoms with van der Waals surface area (Å²) in [5, 5.41) is 0. The van der Waals surface area contributed by atoms with Crippen LogP contribution < -0.4 is 0 Å². The Morgan fingerprint density at radius 2 is 0.714 bits per heavy atom. The SMILES string of the molecule is CCCC(F)[N+](C(F)CCC)(C(F)CCC)C(F)CCC. The van der Waals surface area contributed by atoms with Gasteiger partial charge in [0.05, 0.1) is 0 Å². The van der Waals surface area contributed by atoms with Crippen LogP contribution in [0, 0.1) is 0 Å². The summed E-state index contributed by atoms with van der Waals surface area (Å²) in [7, 11) is 0. The van der Waals surface area contributed by atoms with Crippen LogP contribution in [0.2, 0.25) is 0 Å². The Bertz CT molecular complexity index is 209. The van der Waals surface area contributed by atoms with Gasteiger partial charge < -0.3 is 0 Å². The Morgan fingerprint density at radius 3 is 0.857 bits per heavy atom. The Hall–Kier alpha value is -0.320. The summed E-state index contributed by atoms with van der Waals surface area (Å²) in [6.07, 6.45) is -5.63. The second-order valence-electron chi connectivity index (χ2n) is 5.79. The predicted molar refractivity (Wildman–Crippen MR) is 79.5 cm³/mol. The van der Waals surface area contributed by atoms with Crippen LogP contribution in [0.15, 0.2) is 0 Å². The van der Waals surface area contributed by atoms with Crippen molar-refractivity contribution in [2.45, 2.75) is 104 Å². The van der Waals surface area contributed by atoms with Crippen molar-refractivity contribution in [3.63, 3.8) is 0 Å². The topological polar surface area (TPSA) is 0 Å². The molecule has 0 saturated carbocycles. The molecular formula is C16H32F4N+. The molecule has 0 aliphatic heterocycles. The minimum Gasteiger partial charge on any atom is -0.208 e. The van der Waals surface area contributed by atoms with Crippen molar-refractivity contribution in [3.05, 3.63) is 0 Å². The maximum absolute atomic E-state index is 14.7. The smallest absolute Gasteiger partial charge is 0.208 e. The Balaban J connectivity index is 5.67. The molecule has 4 atom stereocenters. The molecule has 0 N–H and O–H groups in total. The van der Waals surface area contributed by atoms with E-state index >= 15 is 0 Å². The number of rotatable bonds is 12. The van der Waals surface area contributed by atoms with Gasteiger partial charge in [-0.25, -0.2) is 4.48 Å². The Morgan fingerprint density at radius 1 is 0.524 bits per heavy atom. The van der Waals surface area contributed by atoms with E-state index in [9.17, 15) is 17.6 Å². The molecular weight excluding hydrogens is 282 g/mol. The number of alkyl halides is 4. The molecule has 128 valence electrons. The third kappa shape index (κ3) is 4.83. The second-order valence-corrected chi connectivity index (χ2v) is 5.79. The van der Waals surface area contributed by atoms with Crippen LogP contribution in [0.1, 0.15) is 79.1 Å². The second kappa shape index (κ2) is 10.4. The van der Waals surface area contributed by atoms with Crippen molar-refractivity contribution in [1.29, 1.82) is 0 Å². The summed E-state index contributed by atoms with van der Waals surface area (Å²) in [6, 6.07) is 0. The van der Waals surface area contributed by atoms with E-state index in [1.807, 2.05) is 0 Å². The fourth-order valence-corrected chi connectivity index (χ4v) is 2.90. The standard InChI is InChI=1S/C16H32F4N/c1-5-9-13(17)21(14(18)10-6-2,15(19)11-7-3)16(20)12-8-4/h13-16H,5-12H2,1-4H3/q+1. The van der Waals surface area contributed by atoms with Crippen molar-refractivity contribution < 1.29 is 22.0 Å². The third-order valence-electron chi connectivity index (χ3n) is 4.05. The van der Waals surface area contributed by atoms with E-state index in [0.29, 0.717) is 25.7 Å². The first-order chi connectivity index (χ1) is 9.93. The number of halogens is 4. The van der Waals surface area contributed by atoms with Crippen molar-refractivity contribution in [2.75, 3.05) is 0 Å². The van der Waals surface area contributed by atoms with E-state index in [0.717, 1.165) is 0 Å². The van der Waals surface area contributed by atoms with Crippen LogP contribution in [0.3, 0.4) is 0 Å². The highest BCUT2D eigenvalue weighted by Crippen LogP contribution is 2.39. The molecule has 0 aliphatic carbocycles. The first kappa shape index (κ1) is 20.7. The summed E-state index contributed by atoms with van der Waals surface area (Å²) in [6.45, 7) is 6.98. The molecule has 0 heterocycles. The number of hydrogen-bond acceptors (Lipinski definition) is 0. The van der Waals surface area contributed by atoms with Gasteiger partial charge in [0.25, 0.3) is 0 Å². The maximum Gasteiger partial charge on any atom is 0.238 e. The average Bonchev–Trinajstić information content (AvgIpc) is 2.40. The monoisotopic (exact) mass is 314 g/mol. The van der Waals surface area contributed by atoms with Gasteiger partial charge in [-0.1, -0.05) is 27.7 Å². The summed E-state index contributed by atoms with van der Waals surface area (Å²) in [5.41, 5.74) is 0. The highest BCUT2D eigenvalue weighted by atomic mass is 19.2. The van der Waals surface area contributed by atoms with E-state index in [1.54, 1.807) is 27.7 Å². The zero-order chi connectivity index (χ0) is 16.5. The maximum atomic E-state index is 14.7. The molecule has 0 radical (unpaired) electrons. The molecule has 21 heavy (non-hydrogen) atoms. The van der Waals surface area contributed by atoms with E-state index < -0.39 is 29.7 Å². The van der Waals surface area contributed by atoms with Crippen LogP contribution in [-0.2, 0) is 0 Å². The van der Waals surface area contributed by atoms with Gasteiger partial charge in [0.2, 0.25) is 25.2 Å². The van der Waals surface area contributed by atoms with Crippen LogP contribution >= 0.6 is 0 Å². The molecule has 0 aromatic carbocycles. The zero-order valence-corrected chi connectivity index (χ0v) is 13.9. The van der Waals surface area contributed by atoms with Gasteiger partial charge in [-0.3, -0.25) is 0 Å². The summed E-state index contributed by atoms with van der Waals surface area (Å²) < 4.78 is 57.5. The Labute approximate surface area is 127 Å². The molecule has 0 bridgehead atoms. The molecule has 0 amide bonds. The highest BCUT2D eigenvalue weighted by Gasteiger charge is 2.55. The molecule has 0 spiro atoms. The molecule has 0 aromatic rings. The lowest BCUT2D eigenvalue weighted by molar-refractivity contribution is -1.06. The highest BCUT2D eigenvalue weighted by molar-refractivity contribution is 4.62. The molecule has 5 heteroatoms.